The lowest BCUT2D eigenvalue weighted by molar-refractivity contribution is 0.0224. The Morgan fingerprint density at radius 1 is 1.03 bits per heavy atom. The van der Waals surface area contributed by atoms with Crippen LogP contribution in [0.5, 0.6) is 23.0 Å². The molecule has 2 atom stereocenters. The summed E-state index contributed by atoms with van der Waals surface area (Å²) in [5, 5.41) is 10.2. The maximum absolute atomic E-state index is 12.8. The quantitative estimate of drug-likeness (QED) is 0.414. The van der Waals surface area contributed by atoms with Crippen LogP contribution in [0, 0.1) is 0 Å². The van der Waals surface area contributed by atoms with Crippen LogP contribution in [-0.4, -0.2) is 16.0 Å². The molecule has 3 aromatic carbocycles. The molecular weight excluding hydrogens is 417 g/mol. The number of carbonyl (C=O) groups is 1. The number of halogens is 1. The van der Waals surface area contributed by atoms with Gasteiger partial charge in [0.2, 0.25) is 0 Å². The minimum atomic E-state index is -2.12. The SMILES string of the molecule is NP(O)Oc1ccc2c(c1)Oc1cc(O)ccc1C21OC(=O)c2c(Cl)cccc21. The van der Waals surface area contributed by atoms with Crippen LogP contribution >= 0.6 is 20.1 Å². The van der Waals surface area contributed by atoms with E-state index in [2.05, 4.69) is 0 Å². The maximum Gasteiger partial charge on any atom is 0.341 e. The largest absolute Gasteiger partial charge is 0.508 e. The number of nitrogens with two attached hydrogens (primary N) is 1. The number of ether oxygens (including phenoxy) is 2. The van der Waals surface area contributed by atoms with Crippen molar-refractivity contribution in [2.75, 3.05) is 0 Å². The van der Waals surface area contributed by atoms with E-state index in [0.717, 1.165) is 0 Å². The number of phenolic OH excluding ortho intramolecular Hbond substituents is 1. The fourth-order valence-electron chi connectivity index (χ4n) is 3.86. The predicted octanol–water partition coefficient (Wildman–Crippen LogP) is 4.17. The van der Waals surface area contributed by atoms with Crippen molar-refractivity contribution < 1.29 is 28.8 Å². The summed E-state index contributed by atoms with van der Waals surface area (Å²) in [5.74, 6) is 0.367. The highest BCUT2D eigenvalue weighted by Gasteiger charge is 2.54. The third-order valence-electron chi connectivity index (χ3n) is 4.94. The summed E-state index contributed by atoms with van der Waals surface area (Å²) in [6.45, 7) is 0. The minimum Gasteiger partial charge on any atom is -0.508 e. The molecule has 5 rings (SSSR count). The fourth-order valence-corrected chi connectivity index (χ4v) is 4.44. The van der Waals surface area contributed by atoms with Gasteiger partial charge in [-0.15, -0.1) is 0 Å². The number of hydrogen-bond donors (Lipinski definition) is 3. The number of phenols is 1. The molecule has 9 heteroatoms. The van der Waals surface area contributed by atoms with E-state index in [1.54, 1.807) is 42.5 Å². The van der Waals surface area contributed by atoms with Gasteiger partial charge in [0.25, 0.3) is 0 Å². The zero-order valence-corrected chi connectivity index (χ0v) is 16.3. The molecule has 0 aliphatic carbocycles. The van der Waals surface area contributed by atoms with Crippen molar-refractivity contribution in [1.29, 1.82) is 0 Å². The number of carbonyl (C=O) groups excluding carboxylic acids is 1. The number of rotatable bonds is 2. The predicted molar refractivity (Wildman–Crippen MR) is 105 cm³/mol. The monoisotopic (exact) mass is 429 g/mol. The standard InChI is InChI=1S/C20H13ClNO6P/c21-15-3-1-2-14-18(15)19(24)27-20(14)12-6-4-10(23)8-16(12)26-17-9-11(28-29(22)25)5-7-13(17)20/h1-9,23,25H,22H2. The highest BCUT2D eigenvalue weighted by atomic mass is 35.5. The molecular formula is C20H13ClNO6P. The molecule has 0 aromatic heterocycles. The average Bonchev–Trinajstić information content (AvgIpc) is 2.95. The van der Waals surface area contributed by atoms with Crippen molar-refractivity contribution in [1.82, 2.24) is 0 Å². The van der Waals surface area contributed by atoms with Gasteiger partial charge in [-0.25, -0.2) is 4.79 Å². The van der Waals surface area contributed by atoms with Crippen LogP contribution in [0.4, 0.5) is 0 Å². The molecule has 7 nitrogen and oxygen atoms in total. The van der Waals surface area contributed by atoms with Crippen molar-refractivity contribution in [2.24, 2.45) is 5.50 Å². The Hall–Kier alpha value is -2.83. The molecule has 1 spiro atoms. The molecule has 3 aromatic rings. The van der Waals surface area contributed by atoms with Crippen LogP contribution in [0.2, 0.25) is 5.02 Å². The van der Waals surface area contributed by atoms with Gasteiger partial charge in [0.15, 0.2) is 5.60 Å². The fraction of sp³-hybridized carbons (Fsp3) is 0.0500. The highest BCUT2D eigenvalue weighted by molar-refractivity contribution is 7.43. The molecule has 2 aliphatic heterocycles. The summed E-state index contributed by atoms with van der Waals surface area (Å²) in [5.41, 5.74) is 6.00. The number of fused-ring (bicyclic) bond motifs is 6. The second-order valence-corrected chi connectivity index (χ2v) is 7.76. The van der Waals surface area contributed by atoms with Crippen molar-refractivity contribution in [3.05, 3.63) is 81.9 Å². The van der Waals surface area contributed by atoms with E-state index < -0.39 is 20.1 Å². The second-order valence-electron chi connectivity index (χ2n) is 6.57. The Kier molecular flexibility index (Phi) is 3.98. The number of esters is 1. The first-order valence-corrected chi connectivity index (χ1v) is 10.2. The topological polar surface area (TPSA) is 111 Å². The van der Waals surface area contributed by atoms with Gasteiger partial charge in [-0.05, 0) is 30.3 Å². The minimum absolute atomic E-state index is 0.00812. The van der Waals surface area contributed by atoms with Gasteiger partial charge in [0, 0.05) is 28.8 Å². The first-order chi connectivity index (χ1) is 13.9. The molecule has 29 heavy (non-hydrogen) atoms. The van der Waals surface area contributed by atoms with Gasteiger partial charge in [-0.1, -0.05) is 23.7 Å². The summed E-state index contributed by atoms with van der Waals surface area (Å²) in [6, 6.07) is 14.5. The van der Waals surface area contributed by atoms with Crippen LogP contribution in [-0.2, 0) is 10.3 Å². The molecule has 0 radical (unpaired) electrons. The number of aromatic hydroxyl groups is 1. The van der Waals surface area contributed by atoms with Gasteiger partial charge in [-0.2, -0.15) is 0 Å². The average molecular weight is 430 g/mol. The van der Waals surface area contributed by atoms with E-state index in [0.29, 0.717) is 28.2 Å². The molecule has 0 saturated carbocycles. The number of benzene rings is 3. The molecule has 2 aliphatic rings. The first kappa shape index (κ1) is 18.2. The van der Waals surface area contributed by atoms with Gasteiger partial charge in [0.05, 0.1) is 10.6 Å². The maximum atomic E-state index is 12.8. The van der Waals surface area contributed by atoms with Gasteiger partial charge in [0.1, 0.15) is 23.0 Å². The lowest BCUT2D eigenvalue weighted by Gasteiger charge is -2.36. The van der Waals surface area contributed by atoms with Crippen molar-refractivity contribution in [3.63, 3.8) is 0 Å². The zero-order valence-electron chi connectivity index (χ0n) is 14.6. The van der Waals surface area contributed by atoms with Crippen molar-refractivity contribution in [3.8, 4) is 23.0 Å². The summed E-state index contributed by atoms with van der Waals surface area (Å²) < 4.78 is 17.1. The van der Waals surface area contributed by atoms with E-state index in [1.165, 1.54) is 12.1 Å². The molecule has 0 saturated heterocycles. The Morgan fingerprint density at radius 3 is 2.52 bits per heavy atom. The van der Waals surface area contributed by atoms with Gasteiger partial charge in [-0.3, -0.25) is 5.50 Å². The Balaban J connectivity index is 1.82. The lowest BCUT2D eigenvalue weighted by Crippen LogP contribution is -2.32. The first-order valence-electron chi connectivity index (χ1n) is 8.50. The van der Waals surface area contributed by atoms with Gasteiger partial charge >= 0.3 is 14.5 Å². The molecule has 0 fully saturated rings. The van der Waals surface area contributed by atoms with E-state index in [9.17, 15) is 14.8 Å². The number of hydrogen-bond acceptors (Lipinski definition) is 7. The molecule has 0 amide bonds. The van der Waals surface area contributed by atoms with E-state index in [-0.39, 0.29) is 22.1 Å². The summed E-state index contributed by atoms with van der Waals surface area (Å²) in [7, 11) is -2.12. The highest BCUT2D eigenvalue weighted by Crippen LogP contribution is 2.57. The lowest BCUT2D eigenvalue weighted by atomic mass is 9.77. The van der Waals surface area contributed by atoms with Crippen LogP contribution in [0.15, 0.2) is 54.6 Å². The molecule has 146 valence electrons. The third kappa shape index (κ3) is 2.59. The van der Waals surface area contributed by atoms with Crippen LogP contribution in [0.1, 0.15) is 27.0 Å². The summed E-state index contributed by atoms with van der Waals surface area (Å²) >= 11 is 6.30. The Labute approximate surface area is 171 Å². The molecule has 2 unspecified atom stereocenters. The van der Waals surface area contributed by atoms with E-state index in [1.807, 2.05) is 0 Å². The van der Waals surface area contributed by atoms with Crippen LogP contribution < -0.4 is 14.8 Å². The summed E-state index contributed by atoms with van der Waals surface area (Å²) in [4.78, 5) is 22.2. The van der Waals surface area contributed by atoms with Crippen molar-refractivity contribution in [2.45, 2.75) is 5.60 Å². The third-order valence-corrected chi connectivity index (χ3v) is 5.65. The summed E-state index contributed by atoms with van der Waals surface area (Å²) in [6.07, 6.45) is 0. The van der Waals surface area contributed by atoms with Crippen LogP contribution in [0.3, 0.4) is 0 Å². The van der Waals surface area contributed by atoms with E-state index in [4.69, 9.17) is 31.1 Å². The second kappa shape index (κ2) is 6.34. The smallest absolute Gasteiger partial charge is 0.341 e. The molecule has 2 heterocycles. The van der Waals surface area contributed by atoms with Gasteiger partial charge < -0.3 is 24.0 Å². The molecule has 4 N–H and O–H groups in total. The van der Waals surface area contributed by atoms with Crippen molar-refractivity contribution >= 4 is 26.1 Å². The zero-order chi connectivity index (χ0) is 20.3. The Bertz CT molecular complexity index is 1180. The Morgan fingerprint density at radius 2 is 1.76 bits per heavy atom. The van der Waals surface area contributed by atoms with Crippen LogP contribution in [0.25, 0.3) is 0 Å². The normalized spacial score (nSPS) is 19.6. The van der Waals surface area contributed by atoms with E-state index >= 15 is 0 Å². The molecule has 0 bridgehead atoms.